The van der Waals surface area contributed by atoms with Crippen LogP contribution >= 0.6 is 0 Å². The van der Waals surface area contributed by atoms with Crippen LogP contribution in [0.25, 0.3) is 76.8 Å². The summed E-state index contributed by atoms with van der Waals surface area (Å²) in [7, 11) is 2.14. The molecular formula is C47H43N3. The fourth-order valence-corrected chi connectivity index (χ4v) is 7.27. The van der Waals surface area contributed by atoms with Crippen LogP contribution in [0, 0.1) is 0 Å². The van der Waals surface area contributed by atoms with Crippen molar-refractivity contribution in [2.24, 2.45) is 7.05 Å². The fraction of sp³-hybridized carbons (Fsp3) is 0.106. The lowest BCUT2D eigenvalue weighted by atomic mass is 10.1. The van der Waals surface area contributed by atoms with E-state index in [2.05, 4.69) is 191 Å². The maximum atomic E-state index is 2.38. The number of nitrogens with zero attached hydrogens (tertiary/aromatic N) is 3. The van der Waals surface area contributed by atoms with Crippen LogP contribution in [0.3, 0.4) is 0 Å². The molecule has 0 unspecified atom stereocenters. The third kappa shape index (κ3) is 5.41. The predicted octanol–water partition coefficient (Wildman–Crippen LogP) is 13.3. The van der Waals surface area contributed by atoms with Crippen molar-refractivity contribution in [2.45, 2.75) is 27.7 Å². The highest BCUT2D eigenvalue weighted by Gasteiger charge is 2.14. The van der Waals surface area contributed by atoms with Crippen LogP contribution in [0.2, 0.25) is 0 Å². The van der Waals surface area contributed by atoms with E-state index in [1.54, 1.807) is 0 Å². The van der Waals surface area contributed by atoms with Gasteiger partial charge in [-0.1, -0.05) is 137 Å². The molecule has 3 nitrogen and oxygen atoms in total. The van der Waals surface area contributed by atoms with Crippen LogP contribution in [0.15, 0.2) is 170 Å². The first kappa shape index (κ1) is 32.5. The topological polar surface area (TPSA) is 14.8 Å². The van der Waals surface area contributed by atoms with Crippen molar-refractivity contribution >= 4 is 65.4 Å². The number of hydrogen-bond acceptors (Lipinski definition) is 0. The Labute approximate surface area is 294 Å². The van der Waals surface area contributed by atoms with E-state index in [9.17, 15) is 0 Å². The quantitative estimate of drug-likeness (QED) is 0.177. The summed E-state index contributed by atoms with van der Waals surface area (Å²) >= 11 is 0. The summed E-state index contributed by atoms with van der Waals surface area (Å²) in [6.45, 7) is 8.00. The van der Waals surface area contributed by atoms with Crippen molar-refractivity contribution in [1.29, 1.82) is 0 Å². The lowest BCUT2D eigenvalue weighted by Crippen LogP contribution is -1.94. The lowest BCUT2D eigenvalue weighted by molar-refractivity contribution is 1.01. The molecule has 246 valence electrons. The van der Waals surface area contributed by atoms with Crippen LogP contribution in [0.1, 0.15) is 27.7 Å². The maximum Gasteiger partial charge on any atom is 0.0541 e. The van der Waals surface area contributed by atoms with E-state index < -0.39 is 0 Å². The Bertz CT molecular complexity index is 2600. The van der Waals surface area contributed by atoms with Gasteiger partial charge in [-0.15, -0.1) is 0 Å². The van der Waals surface area contributed by atoms with Gasteiger partial charge in [0.2, 0.25) is 0 Å². The van der Waals surface area contributed by atoms with E-state index in [4.69, 9.17) is 0 Å². The van der Waals surface area contributed by atoms with E-state index in [1.165, 1.54) is 76.8 Å². The molecule has 10 rings (SSSR count). The summed E-state index contributed by atoms with van der Waals surface area (Å²) < 4.78 is 6.98. The van der Waals surface area contributed by atoms with Gasteiger partial charge in [0.1, 0.15) is 0 Å². The number of aromatic nitrogens is 3. The van der Waals surface area contributed by atoms with Crippen molar-refractivity contribution < 1.29 is 0 Å². The Morgan fingerprint density at radius 2 is 0.600 bits per heavy atom. The molecule has 50 heavy (non-hydrogen) atoms. The molecule has 0 spiro atoms. The van der Waals surface area contributed by atoms with Gasteiger partial charge in [0.25, 0.3) is 0 Å². The number of fused-ring (bicyclic) bond motifs is 9. The second-order valence-electron chi connectivity index (χ2n) is 11.9. The molecule has 0 saturated heterocycles. The zero-order valence-electron chi connectivity index (χ0n) is 29.5. The minimum Gasteiger partial charge on any atom is -0.344 e. The summed E-state index contributed by atoms with van der Waals surface area (Å²) in [5, 5.41) is 7.81. The zero-order chi connectivity index (χ0) is 34.6. The molecule has 0 aliphatic carbocycles. The SMILES string of the molecule is CC.CC.Cn1c2ccccc2c2cc(-n3c4ccccc4c4ccccc43)ccc21.c1ccc(-n2c3ccccc3c3ccccc32)cc1. The molecule has 0 amide bonds. The van der Waals surface area contributed by atoms with Crippen LogP contribution < -0.4 is 0 Å². The lowest BCUT2D eigenvalue weighted by Gasteiger charge is -2.08. The number of aryl methyl sites for hydroxylation is 1. The summed E-state index contributed by atoms with van der Waals surface area (Å²) in [6.07, 6.45) is 0. The molecule has 0 N–H and O–H groups in total. The average Bonchev–Trinajstić information content (AvgIpc) is 3.82. The first-order valence-corrected chi connectivity index (χ1v) is 17.8. The Balaban J connectivity index is 0.000000150. The van der Waals surface area contributed by atoms with Crippen molar-refractivity contribution in [3.63, 3.8) is 0 Å². The third-order valence-corrected chi connectivity index (χ3v) is 9.33. The monoisotopic (exact) mass is 649 g/mol. The van der Waals surface area contributed by atoms with Crippen molar-refractivity contribution in [3.05, 3.63) is 170 Å². The third-order valence-electron chi connectivity index (χ3n) is 9.33. The van der Waals surface area contributed by atoms with Gasteiger partial charge in [-0.05, 0) is 60.7 Å². The highest BCUT2D eigenvalue weighted by atomic mass is 15.0. The summed E-state index contributed by atoms with van der Waals surface area (Å²) in [6, 6.07) is 60.4. The van der Waals surface area contributed by atoms with E-state index in [-0.39, 0.29) is 0 Å². The number of rotatable bonds is 2. The molecule has 10 aromatic rings. The van der Waals surface area contributed by atoms with Gasteiger partial charge >= 0.3 is 0 Å². The predicted molar refractivity (Wildman–Crippen MR) is 218 cm³/mol. The van der Waals surface area contributed by atoms with Crippen LogP contribution in [0.4, 0.5) is 0 Å². The molecule has 0 saturated carbocycles. The second kappa shape index (κ2) is 14.2. The van der Waals surface area contributed by atoms with Crippen LogP contribution in [-0.2, 0) is 7.05 Å². The molecule has 0 aliphatic heterocycles. The highest BCUT2D eigenvalue weighted by Crippen LogP contribution is 2.35. The standard InChI is InChI=1S/C25H18N2.C18H13N.2C2H6/c1-26-22-11-5-2-10-20(22)21-16-17(14-15-23(21)26)27-24-12-6-3-8-18(24)19-9-4-7-13-25(19)27;1-2-8-14(9-3-1)19-17-12-6-4-10-15(17)16-11-5-7-13-18(16)19;2*1-2/h2-16H,1H3;1-13H;2*1-2H3. The smallest absolute Gasteiger partial charge is 0.0541 e. The molecule has 0 bridgehead atoms. The molecule has 0 radical (unpaired) electrons. The summed E-state index contributed by atoms with van der Waals surface area (Å²) in [5.74, 6) is 0. The Morgan fingerprint density at radius 3 is 1.04 bits per heavy atom. The molecule has 3 heterocycles. The Hall–Kier alpha value is -6.06. The van der Waals surface area contributed by atoms with Gasteiger partial charge < -0.3 is 13.7 Å². The second-order valence-corrected chi connectivity index (χ2v) is 11.9. The number of hydrogen-bond donors (Lipinski definition) is 0. The molecule has 0 atom stereocenters. The van der Waals surface area contributed by atoms with Crippen molar-refractivity contribution in [3.8, 4) is 11.4 Å². The molecule has 7 aromatic carbocycles. The average molecular weight is 650 g/mol. The largest absolute Gasteiger partial charge is 0.344 e. The highest BCUT2D eigenvalue weighted by molar-refractivity contribution is 6.12. The Morgan fingerprint density at radius 1 is 0.280 bits per heavy atom. The van der Waals surface area contributed by atoms with Gasteiger partial charge in [-0.3, -0.25) is 0 Å². The van der Waals surface area contributed by atoms with Gasteiger partial charge in [0, 0.05) is 61.8 Å². The molecule has 3 heteroatoms. The van der Waals surface area contributed by atoms with Crippen LogP contribution in [0.5, 0.6) is 0 Å². The van der Waals surface area contributed by atoms with E-state index >= 15 is 0 Å². The minimum atomic E-state index is 1.20. The van der Waals surface area contributed by atoms with Gasteiger partial charge in [-0.25, -0.2) is 0 Å². The zero-order valence-corrected chi connectivity index (χ0v) is 29.5. The first-order chi connectivity index (χ1) is 24.8. The summed E-state index contributed by atoms with van der Waals surface area (Å²) in [4.78, 5) is 0. The summed E-state index contributed by atoms with van der Waals surface area (Å²) in [5.41, 5.74) is 9.96. The van der Waals surface area contributed by atoms with Crippen molar-refractivity contribution in [1.82, 2.24) is 13.7 Å². The molecule has 0 fully saturated rings. The normalized spacial score (nSPS) is 10.9. The molecule has 3 aromatic heterocycles. The van der Waals surface area contributed by atoms with Gasteiger partial charge in [0.05, 0.1) is 22.1 Å². The van der Waals surface area contributed by atoms with Crippen LogP contribution in [-0.4, -0.2) is 13.7 Å². The van der Waals surface area contributed by atoms with Crippen molar-refractivity contribution in [2.75, 3.05) is 0 Å². The number of benzene rings is 7. The number of para-hydroxylation sites is 6. The van der Waals surface area contributed by atoms with E-state index in [1.807, 2.05) is 27.7 Å². The minimum absolute atomic E-state index is 1.20. The fourth-order valence-electron chi connectivity index (χ4n) is 7.27. The van der Waals surface area contributed by atoms with Gasteiger partial charge in [-0.2, -0.15) is 0 Å². The van der Waals surface area contributed by atoms with Gasteiger partial charge in [0.15, 0.2) is 0 Å². The first-order valence-electron chi connectivity index (χ1n) is 17.8. The maximum absolute atomic E-state index is 2.38. The van der Waals surface area contributed by atoms with E-state index in [0.29, 0.717) is 0 Å². The molecular weight excluding hydrogens is 607 g/mol. The molecule has 0 aliphatic rings. The Kier molecular flexibility index (Phi) is 9.22. The van der Waals surface area contributed by atoms with E-state index in [0.717, 1.165) is 0 Å².